The Bertz CT molecular complexity index is 1120. The molecule has 5 rings (SSSR count). The Morgan fingerprint density at radius 3 is 2.97 bits per heavy atom. The minimum atomic E-state index is 0.0423. The van der Waals surface area contributed by atoms with E-state index in [0.717, 1.165) is 85.5 Å². The van der Waals surface area contributed by atoms with Gasteiger partial charge in [-0.15, -0.1) is 0 Å². The molecule has 5 nitrogen and oxygen atoms in total. The summed E-state index contributed by atoms with van der Waals surface area (Å²) >= 11 is 6.56. The Morgan fingerprint density at radius 1 is 1.16 bits per heavy atom. The molecule has 0 bridgehead atoms. The van der Waals surface area contributed by atoms with Gasteiger partial charge in [0, 0.05) is 36.9 Å². The van der Waals surface area contributed by atoms with Crippen LogP contribution in [0.15, 0.2) is 54.1 Å². The molecule has 32 heavy (non-hydrogen) atoms. The van der Waals surface area contributed by atoms with Gasteiger partial charge in [-0.25, -0.2) is 4.98 Å². The largest absolute Gasteiger partial charge is 0.381 e. The molecule has 0 radical (unpaired) electrons. The number of para-hydroxylation sites is 2. The standard InChI is InChI=1S/C26H28ClN3O2/c27-22-12-11-20(16-21(22)26-28-23-9-1-2-10-24(23)29-26)30-13-3-6-19(17-30)25(31)18-7-4-14-32-15-5-8-18/h1-2,7,9-12,16,19H,3-6,8,13-15,17H2,(H,28,29)/b18-7-/t19-/m0/s1. The molecular formula is C26H28ClN3O2. The number of aromatic amines is 1. The Morgan fingerprint density at radius 2 is 2.06 bits per heavy atom. The fourth-order valence-corrected chi connectivity index (χ4v) is 4.98. The molecule has 0 aliphatic carbocycles. The summed E-state index contributed by atoms with van der Waals surface area (Å²) in [5.74, 6) is 1.13. The third-order valence-corrected chi connectivity index (χ3v) is 6.79. The lowest BCUT2D eigenvalue weighted by Crippen LogP contribution is -2.39. The second-order valence-corrected chi connectivity index (χ2v) is 9.06. The van der Waals surface area contributed by atoms with Crippen LogP contribution >= 0.6 is 11.6 Å². The summed E-state index contributed by atoms with van der Waals surface area (Å²) in [6.45, 7) is 3.14. The molecule has 3 aromatic rings. The second-order valence-electron chi connectivity index (χ2n) is 8.65. The number of nitrogens with one attached hydrogen (secondary N) is 1. The third-order valence-electron chi connectivity index (χ3n) is 6.46. The zero-order valence-corrected chi connectivity index (χ0v) is 18.9. The Balaban J connectivity index is 1.37. The maximum Gasteiger partial charge on any atom is 0.163 e. The molecule has 6 heteroatoms. The normalized spacial score (nSPS) is 21.6. The molecule has 0 saturated carbocycles. The predicted molar refractivity (Wildman–Crippen MR) is 129 cm³/mol. The monoisotopic (exact) mass is 449 g/mol. The van der Waals surface area contributed by atoms with Crippen molar-refractivity contribution in [2.75, 3.05) is 31.2 Å². The summed E-state index contributed by atoms with van der Waals surface area (Å²) in [7, 11) is 0. The number of nitrogens with zero attached hydrogens (tertiary/aromatic N) is 2. The lowest BCUT2D eigenvalue weighted by atomic mass is 9.87. The van der Waals surface area contributed by atoms with Gasteiger partial charge in [0.1, 0.15) is 5.82 Å². The Hall–Kier alpha value is -2.63. The third kappa shape index (κ3) is 4.45. The number of ether oxygens (including phenoxy) is 1. The summed E-state index contributed by atoms with van der Waals surface area (Å²) in [5, 5.41) is 0.666. The first kappa shape index (κ1) is 21.2. The van der Waals surface area contributed by atoms with E-state index in [1.165, 1.54) is 0 Å². The molecule has 2 aliphatic heterocycles. The van der Waals surface area contributed by atoms with E-state index < -0.39 is 0 Å². The van der Waals surface area contributed by atoms with E-state index in [1.807, 2.05) is 36.4 Å². The Labute approximate surface area is 193 Å². The average Bonchev–Trinajstić information content (AvgIpc) is 3.23. The van der Waals surface area contributed by atoms with Crippen molar-refractivity contribution in [1.29, 1.82) is 0 Å². The van der Waals surface area contributed by atoms with Gasteiger partial charge >= 0.3 is 0 Å². The number of carbonyl (C=O) groups is 1. The van der Waals surface area contributed by atoms with Crippen LogP contribution in [0.5, 0.6) is 0 Å². The van der Waals surface area contributed by atoms with Crippen LogP contribution in [0.2, 0.25) is 5.02 Å². The molecule has 2 aliphatic rings. The smallest absolute Gasteiger partial charge is 0.163 e. The van der Waals surface area contributed by atoms with Gasteiger partial charge in [0.25, 0.3) is 0 Å². The fraction of sp³-hybridized carbons (Fsp3) is 0.385. The predicted octanol–water partition coefficient (Wildman–Crippen LogP) is 5.80. The number of hydrogen-bond donors (Lipinski definition) is 1. The number of ketones is 1. The van der Waals surface area contributed by atoms with Crippen LogP contribution in [-0.4, -0.2) is 42.1 Å². The molecule has 1 aromatic heterocycles. The first-order chi connectivity index (χ1) is 15.7. The van der Waals surface area contributed by atoms with E-state index in [-0.39, 0.29) is 5.92 Å². The van der Waals surface area contributed by atoms with Crippen LogP contribution in [0.4, 0.5) is 5.69 Å². The zero-order valence-electron chi connectivity index (χ0n) is 18.1. The van der Waals surface area contributed by atoms with E-state index in [0.29, 0.717) is 17.4 Å². The number of aromatic nitrogens is 2. The molecule has 1 saturated heterocycles. The van der Waals surface area contributed by atoms with Crippen LogP contribution in [0.3, 0.4) is 0 Å². The number of imidazole rings is 1. The first-order valence-electron chi connectivity index (χ1n) is 11.5. The second kappa shape index (κ2) is 9.47. The molecule has 1 fully saturated rings. The van der Waals surface area contributed by atoms with Crippen LogP contribution in [0.1, 0.15) is 32.1 Å². The van der Waals surface area contributed by atoms with Crippen molar-refractivity contribution in [2.45, 2.75) is 32.1 Å². The van der Waals surface area contributed by atoms with Crippen molar-refractivity contribution in [2.24, 2.45) is 5.92 Å². The number of benzene rings is 2. The maximum atomic E-state index is 13.3. The van der Waals surface area contributed by atoms with Crippen molar-refractivity contribution >= 4 is 34.1 Å². The maximum absolute atomic E-state index is 13.3. The summed E-state index contributed by atoms with van der Waals surface area (Å²) < 4.78 is 5.52. The van der Waals surface area contributed by atoms with Crippen molar-refractivity contribution in [3.05, 3.63) is 59.1 Å². The molecule has 1 N–H and O–H groups in total. The van der Waals surface area contributed by atoms with Gasteiger partial charge in [-0.2, -0.15) is 0 Å². The summed E-state index contributed by atoms with van der Waals surface area (Å²) in [4.78, 5) is 23.7. The number of Topliss-reactive ketones (excluding diaryl/α,β-unsaturated/α-hetero) is 1. The highest BCUT2D eigenvalue weighted by atomic mass is 35.5. The van der Waals surface area contributed by atoms with E-state index in [1.54, 1.807) is 0 Å². The van der Waals surface area contributed by atoms with Gasteiger partial charge in [-0.3, -0.25) is 4.79 Å². The van der Waals surface area contributed by atoms with E-state index in [4.69, 9.17) is 21.3 Å². The summed E-state index contributed by atoms with van der Waals surface area (Å²) in [6, 6.07) is 14.1. The molecular weight excluding hydrogens is 422 g/mol. The zero-order chi connectivity index (χ0) is 21.9. The molecule has 1 atom stereocenters. The topological polar surface area (TPSA) is 58.2 Å². The molecule has 3 heterocycles. The molecule has 0 unspecified atom stereocenters. The average molecular weight is 450 g/mol. The number of H-pyrrole nitrogens is 1. The minimum Gasteiger partial charge on any atom is -0.381 e. The van der Waals surface area contributed by atoms with Crippen LogP contribution in [0, 0.1) is 5.92 Å². The molecule has 0 spiro atoms. The van der Waals surface area contributed by atoms with Crippen LogP contribution in [-0.2, 0) is 9.53 Å². The lowest BCUT2D eigenvalue weighted by molar-refractivity contribution is -0.119. The van der Waals surface area contributed by atoms with Crippen LogP contribution in [0.25, 0.3) is 22.4 Å². The van der Waals surface area contributed by atoms with Gasteiger partial charge in [-0.1, -0.05) is 29.8 Å². The van der Waals surface area contributed by atoms with Gasteiger partial charge in [0.2, 0.25) is 0 Å². The van der Waals surface area contributed by atoms with Crippen molar-refractivity contribution in [1.82, 2.24) is 9.97 Å². The quantitative estimate of drug-likeness (QED) is 0.547. The van der Waals surface area contributed by atoms with E-state index in [2.05, 4.69) is 22.0 Å². The number of piperidine rings is 1. The SMILES string of the molecule is O=C(/C1=C\CCOCCC1)[C@H]1CCCN(c2ccc(Cl)c(-c3nc4ccccc4[nH]3)c2)C1. The van der Waals surface area contributed by atoms with E-state index in [9.17, 15) is 4.79 Å². The van der Waals surface area contributed by atoms with E-state index >= 15 is 0 Å². The number of carbonyl (C=O) groups excluding carboxylic acids is 1. The fourth-order valence-electron chi connectivity index (χ4n) is 4.77. The van der Waals surface area contributed by atoms with Gasteiger partial charge < -0.3 is 14.6 Å². The van der Waals surface area contributed by atoms with Gasteiger partial charge in [0.15, 0.2) is 5.78 Å². The van der Waals surface area contributed by atoms with Crippen molar-refractivity contribution in [3.63, 3.8) is 0 Å². The number of allylic oxidation sites excluding steroid dienone is 1. The number of rotatable bonds is 4. The Kier molecular flexibility index (Phi) is 6.28. The molecule has 166 valence electrons. The van der Waals surface area contributed by atoms with Crippen molar-refractivity contribution in [3.8, 4) is 11.4 Å². The van der Waals surface area contributed by atoms with Gasteiger partial charge in [-0.05, 0) is 68.0 Å². The number of halogens is 1. The summed E-state index contributed by atoms with van der Waals surface area (Å²) in [6.07, 6.45) is 6.64. The van der Waals surface area contributed by atoms with Gasteiger partial charge in [0.05, 0.1) is 22.7 Å². The molecule has 0 amide bonds. The highest BCUT2D eigenvalue weighted by Crippen LogP contribution is 2.34. The summed E-state index contributed by atoms with van der Waals surface area (Å²) in [5.41, 5.74) is 4.88. The minimum absolute atomic E-state index is 0.0423. The van der Waals surface area contributed by atoms with Crippen molar-refractivity contribution < 1.29 is 9.53 Å². The first-order valence-corrected chi connectivity index (χ1v) is 11.9. The molecule has 2 aromatic carbocycles. The highest BCUT2D eigenvalue weighted by Gasteiger charge is 2.28. The highest BCUT2D eigenvalue weighted by molar-refractivity contribution is 6.33. The number of anilines is 1. The number of fused-ring (bicyclic) bond motifs is 1. The van der Waals surface area contributed by atoms with Crippen LogP contribution < -0.4 is 4.90 Å². The lowest BCUT2D eigenvalue weighted by Gasteiger charge is -2.34. The number of hydrogen-bond acceptors (Lipinski definition) is 4.